The number of hydrogen-bond donors (Lipinski definition) is 2. The Balaban J connectivity index is 2.02. The average Bonchev–Trinajstić information content (AvgIpc) is 3.07. The summed E-state index contributed by atoms with van der Waals surface area (Å²) >= 11 is 1.60. The largest absolute Gasteiger partial charge is 0.479 e. The molecule has 1 aromatic carbocycles. The summed E-state index contributed by atoms with van der Waals surface area (Å²) in [6, 6.07) is 5.12. The third-order valence-corrected chi connectivity index (χ3v) is 4.09. The number of fused-ring (bicyclic) bond motifs is 1. The van der Waals surface area contributed by atoms with Gasteiger partial charge in [-0.2, -0.15) is 0 Å². The van der Waals surface area contributed by atoms with Crippen LogP contribution in [0.1, 0.15) is 35.4 Å². The zero-order chi connectivity index (χ0) is 12.0. The number of rotatable bonds is 3. The number of aliphatic hydroxyl groups excluding tert-OH is 1. The molecule has 1 fully saturated rings. The van der Waals surface area contributed by atoms with Crippen molar-refractivity contribution in [3.05, 3.63) is 28.8 Å². The first-order valence-corrected chi connectivity index (χ1v) is 6.28. The predicted molar refractivity (Wildman–Crippen MR) is 64.2 cm³/mol. The van der Waals surface area contributed by atoms with Gasteiger partial charge in [0.25, 0.3) is 0 Å². The molecule has 0 radical (unpaired) electrons. The van der Waals surface area contributed by atoms with E-state index >= 15 is 0 Å². The Hall–Kier alpha value is -1.46. The summed E-state index contributed by atoms with van der Waals surface area (Å²) in [5, 5.41) is 19.3. The summed E-state index contributed by atoms with van der Waals surface area (Å²) in [5.74, 6) is -0.628. The molecule has 1 aliphatic carbocycles. The zero-order valence-corrected chi connectivity index (χ0v) is 9.78. The lowest BCUT2D eigenvalue weighted by molar-refractivity contribution is -0.146. The number of carboxylic acid groups (broad SMARTS) is 1. The summed E-state index contributed by atoms with van der Waals surface area (Å²) in [6.45, 7) is 0. The number of nitrogens with zero attached hydrogens (tertiary/aromatic N) is 1. The number of aliphatic carboxylic acids is 1. The summed E-state index contributed by atoms with van der Waals surface area (Å²) < 4.78 is 0.949. The maximum absolute atomic E-state index is 10.7. The topological polar surface area (TPSA) is 70.4 Å². The normalized spacial score (nSPS) is 17.2. The number of carbonyl (C=O) groups is 1. The fraction of sp³-hybridized carbons (Fsp3) is 0.333. The summed E-state index contributed by atoms with van der Waals surface area (Å²) in [7, 11) is 0. The Bertz CT molecular complexity index is 588. The van der Waals surface area contributed by atoms with E-state index in [0.29, 0.717) is 11.5 Å². The van der Waals surface area contributed by atoms with Gasteiger partial charge in [0.15, 0.2) is 6.10 Å². The van der Waals surface area contributed by atoms with Crippen molar-refractivity contribution >= 4 is 27.5 Å². The van der Waals surface area contributed by atoms with Crippen molar-refractivity contribution < 1.29 is 15.0 Å². The minimum absolute atomic E-state index is 0.413. The molecular formula is C12H11NO3S. The Labute approximate surface area is 102 Å². The first-order chi connectivity index (χ1) is 8.15. The molecule has 17 heavy (non-hydrogen) atoms. The van der Waals surface area contributed by atoms with Gasteiger partial charge in [0.05, 0.1) is 15.2 Å². The molecule has 0 aliphatic heterocycles. The summed E-state index contributed by atoms with van der Waals surface area (Å²) in [5.41, 5.74) is 1.30. The van der Waals surface area contributed by atoms with E-state index in [2.05, 4.69) is 4.98 Å². The van der Waals surface area contributed by atoms with Crippen LogP contribution in [-0.2, 0) is 4.79 Å². The summed E-state index contributed by atoms with van der Waals surface area (Å²) in [6.07, 6.45) is 0.945. The van der Waals surface area contributed by atoms with E-state index in [-0.39, 0.29) is 0 Å². The van der Waals surface area contributed by atoms with Gasteiger partial charge in [0.2, 0.25) is 0 Å². The second-order valence-corrected chi connectivity index (χ2v) is 5.36. The minimum atomic E-state index is -1.45. The van der Waals surface area contributed by atoms with E-state index in [9.17, 15) is 9.90 Å². The van der Waals surface area contributed by atoms with Gasteiger partial charge in [-0.05, 0) is 30.5 Å². The Morgan fingerprint density at radius 2 is 2.24 bits per heavy atom. The molecule has 1 unspecified atom stereocenters. The van der Waals surface area contributed by atoms with Gasteiger partial charge in [-0.15, -0.1) is 11.3 Å². The van der Waals surface area contributed by atoms with Gasteiger partial charge in [0, 0.05) is 5.92 Å². The van der Waals surface area contributed by atoms with Crippen molar-refractivity contribution in [2.24, 2.45) is 0 Å². The fourth-order valence-corrected chi connectivity index (χ4v) is 2.96. The van der Waals surface area contributed by atoms with Crippen LogP contribution in [0.4, 0.5) is 0 Å². The second kappa shape index (κ2) is 3.78. The third kappa shape index (κ3) is 1.92. The maximum atomic E-state index is 10.7. The number of hydrogen-bond acceptors (Lipinski definition) is 4. The highest BCUT2D eigenvalue weighted by molar-refractivity contribution is 7.18. The van der Waals surface area contributed by atoms with Crippen LogP contribution in [0.5, 0.6) is 0 Å². The van der Waals surface area contributed by atoms with Crippen LogP contribution in [0.15, 0.2) is 18.2 Å². The molecule has 0 bridgehead atoms. The van der Waals surface area contributed by atoms with E-state index < -0.39 is 12.1 Å². The molecule has 2 aromatic rings. The lowest BCUT2D eigenvalue weighted by Gasteiger charge is -2.04. The molecule has 0 saturated heterocycles. The molecule has 2 N–H and O–H groups in total. The van der Waals surface area contributed by atoms with E-state index in [1.54, 1.807) is 29.5 Å². The van der Waals surface area contributed by atoms with Crippen molar-refractivity contribution in [3.63, 3.8) is 0 Å². The number of aliphatic hydroxyl groups is 1. The van der Waals surface area contributed by atoms with E-state index in [0.717, 1.165) is 15.2 Å². The van der Waals surface area contributed by atoms with Crippen molar-refractivity contribution in [3.8, 4) is 0 Å². The standard InChI is InChI=1S/C12H11NO3S/c14-10(12(15)16)7-3-4-8-9(5-7)17-11(13-8)6-1-2-6/h3-6,10,14H,1-2H2,(H,15,16). The predicted octanol–water partition coefficient (Wildman–Crippen LogP) is 2.29. The number of benzene rings is 1. The van der Waals surface area contributed by atoms with Crippen LogP contribution >= 0.6 is 11.3 Å². The van der Waals surface area contributed by atoms with Gasteiger partial charge in [0.1, 0.15) is 0 Å². The van der Waals surface area contributed by atoms with Crippen LogP contribution in [0.3, 0.4) is 0 Å². The quantitative estimate of drug-likeness (QED) is 0.875. The smallest absolute Gasteiger partial charge is 0.337 e. The average molecular weight is 249 g/mol. The summed E-state index contributed by atoms with van der Waals surface area (Å²) in [4.78, 5) is 15.2. The molecule has 3 rings (SSSR count). The lowest BCUT2D eigenvalue weighted by atomic mass is 10.1. The maximum Gasteiger partial charge on any atom is 0.337 e. The van der Waals surface area contributed by atoms with E-state index in [4.69, 9.17) is 5.11 Å². The van der Waals surface area contributed by atoms with Gasteiger partial charge < -0.3 is 10.2 Å². The van der Waals surface area contributed by atoms with Crippen molar-refractivity contribution in [2.45, 2.75) is 24.9 Å². The number of carboxylic acids is 1. The Kier molecular flexibility index (Phi) is 2.38. The lowest BCUT2D eigenvalue weighted by Crippen LogP contribution is -2.09. The molecule has 1 saturated carbocycles. The SMILES string of the molecule is O=C(O)C(O)c1ccc2nc(C3CC3)sc2c1. The molecule has 1 aliphatic rings. The highest BCUT2D eigenvalue weighted by Gasteiger charge is 2.27. The van der Waals surface area contributed by atoms with Crippen LogP contribution in [0.25, 0.3) is 10.2 Å². The number of aromatic nitrogens is 1. The van der Waals surface area contributed by atoms with E-state index in [1.807, 2.05) is 0 Å². The first-order valence-electron chi connectivity index (χ1n) is 5.46. The third-order valence-electron chi connectivity index (χ3n) is 2.91. The second-order valence-electron chi connectivity index (χ2n) is 4.29. The Morgan fingerprint density at radius 1 is 1.47 bits per heavy atom. The number of thiazole rings is 1. The van der Waals surface area contributed by atoms with Crippen LogP contribution in [0.2, 0.25) is 0 Å². The van der Waals surface area contributed by atoms with Crippen molar-refractivity contribution in [1.29, 1.82) is 0 Å². The molecule has 1 atom stereocenters. The van der Waals surface area contributed by atoms with Gasteiger partial charge in [-0.1, -0.05) is 6.07 Å². The monoisotopic (exact) mass is 249 g/mol. The fourth-order valence-electron chi connectivity index (χ4n) is 1.78. The van der Waals surface area contributed by atoms with E-state index in [1.165, 1.54) is 12.8 Å². The molecule has 0 spiro atoms. The molecule has 4 nitrogen and oxygen atoms in total. The van der Waals surface area contributed by atoms with Crippen LogP contribution in [0, 0.1) is 0 Å². The van der Waals surface area contributed by atoms with Crippen molar-refractivity contribution in [2.75, 3.05) is 0 Å². The van der Waals surface area contributed by atoms with Crippen molar-refractivity contribution in [1.82, 2.24) is 4.98 Å². The molecule has 0 amide bonds. The highest BCUT2D eigenvalue weighted by Crippen LogP contribution is 2.43. The molecule has 1 heterocycles. The van der Waals surface area contributed by atoms with Gasteiger partial charge in [-0.25, -0.2) is 9.78 Å². The van der Waals surface area contributed by atoms with Crippen LogP contribution in [-0.4, -0.2) is 21.2 Å². The van der Waals surface area contributed by atoms with Gasteiger partial charge >= 0.3 is 5.97 Å². The molecule has 5 heteroatoms. The molecule has 1 aromatic heterocycles. The highest BCUT2D eigenvalue weighted by atomic mass is 32.1. The first kappa shape index (κ1) is 10.7. The minimum Gasteiger partial charge on any atom is -0.479 e. The zero-order valence-electron chi connectivity index (χ0n) is 8.96. The molecule has 88 valence electrons. The molecular weight excluding hydrogens is 238 g/mol. The Morgan fingerprint density at radius 3 is 2.88 bits per heavy atom. The van der Waals surface area contributed by atoms with Crippen LogP contribution < -0.4 is 0 Å². The van der Waals surface area contributed by atoms with Gasteiger partial charge in [-0.3, -0.25) is 0 Å².